The zero-order chi connectivity index (χ0) is 18.2. The lowest BCUT2D eigenvalue weighted by Gasteiger charge is -2.21. The molecular weight excluding hydrogens is 367 g/mol. The van der Waals surface area contributed by atoms with Crippen LogP contribution in [-0.4, -0.2) is 22.8 Å². The van der Waals surface area contributed by atoms with E-state index in [1.807, 2.05) is 0 Å². The van der Waals surface area contributed by atoms with Gasteiger partial charge in [-0.3, -0.25) is 14.9 Å². The molecule has 0 bridgehead atoms. The molecule has 1 aliphatic heterocycles. The molecular formula is C16H12Cl2N4O3. The molecule has 2 heterocycles. The first kappa shape index (κ1) is 17.2. The summed E-state index contributed by atoms with van der Waals surface area (Å²) in [6, 6.07) is 8.92. The van der Waals surface area contributed by atoms with Gasteiger partial charge in [0.25, 0.3) is 11.8 Å². The van der Waals surface area contributed by atoms with Crippen molar-refractivity contribution in [3.8, 4) is 0 Å². The van der Waals surface area contributed by atoms with Crippen molar-refractivity contribution in [2.75, 3.05) is 5.32 Å². The monoisotopic (exact) mass is 378 g/mol. The second-order valence-electron chi connectivity index (χ2n) is 5.53. The minimum Gasteiger partial charge on any atom is -0.321 e. The average molecular weight is 379 g/mol. The van der Waals surface area contributed by atoms with Crippen LogP contribution >= 0.6 is 23.2 Å². The van der Waals surface area contributed by atoms with Crippen molar-refractivity contribution in [1.29, 1.82) is 0 Å². The molecule has 1 saturated heterocycles. The number of aromatic nitrogens is 1. The zero-order valence-corrected chi connectivity index (χ0v) is 14.4. The first-order valence-electron chi connectivity index (χ1n) is 7.17. The maximum absolute atomic E-state index is 12.4. The number of benzene rings is 1. The highest BCUT2D eigenvalue weighted by Crippen LogP contribution is 2.27. The van der Waals surface area contributed by atoms with Crippen LogP contribution in [0.3, 0.4) is 0 Å². The smallest absolute Gasteiger partial charge is 0.321 e. The van der Waals surface area contributed by atoms with Crippen LogP contribution in [0.15, 0.2) is 36.4 Å². The van der Waals surface area contributed by atoms with E-state index < -0.39 is 23.4 Å². The molecule has 4 amide bonds. The predicted molar refractivity (Wildman–Crippen MR) is 92.7 cm³/mol. The fraction of sp³-hybridized carbons (Fsp3) is 0.125. The molecule has 7 nitrogen and oxygen atoms in total. The molecule has 0 radical (unpaired) electrons. The van der Waals surface area contributed by atoms with E-state index in [2.05, 4.69) is 20.9 Å². The molecule has 0 spiro atoms. The van der Waals surface area contributed by atoms with Crippen molar-refractivity contribution >= 4 is 46.7 Å². The second-order valence-corrected chi connectivity index (χ2v) is 6.33. The highest BCUT2D eigenvalue weighted by atomic mass is 35.5. The Balaban J connectivity index is 1.87. The zero-order valence-electron chi connectivity index (χ0n) is 12.9. The maximum atomic E-state index is 12.4. The highest BCUT2D eigenvalue weighted by molar-refractivity contribution is 6.35. The molecule has 3 rings (SSSR count). The van der Waals surface area contributed by atoms with E-state index >= 15 is 0 Å². The number of imide groups is 1. The van der Waals surface area contributed by atoms with Crippen molar-refractivity contribution in [3.63, 3.8) is 0 Å². The van der Waals surface area contributed by atoms with E-state index in [4.69, 9.17) is 23.2 Å². The summed E-state index contributed by atoms with van der Waals surface area (Å²) in [7, 11) is 0. The number of pyridine rings is 1. The third kappa shape index (κ3) is 3.29. The van der Waals surface area contributed by atoms with E-state index in [0.29, 0.717) is 11.3 Å². The van der Waals surface area contributed by atoms with Gasteiger partial charge in [0.2, 0.25) is 0 Å². The number of nitrogens with one attached hydrogen (secondary N) is 3. The molecule has 0 aliphatic carbocycles. The van der Waals surface area contributed by atoms with Gasteiger partial charge in [-0.1, -0.05) is 35.3 Å². The van der Waals surface area contributed by atoms with Gasteiger partial charge >= 0.3 is 6.03 Å². The summed E-state index contributed by atoms with van der Waals surface area (Å²) in [6.07, 6.45) is 0. The number of urea groups is 1. The van der Waals surface area contributed by atoms with Crippen molar-refractivity contribution in [2.24, 2.45) is 0 Å². The van der Waals surface area contributed by atoms with E-state index in [1.54, 1.807) is 31.2 Å². The van der Waals surface area contributed by atoms with Gasteiger partial charge in [-0.25, -0.2) is 9.78 Å². The summed E-state index contributed by atoms with van der Waals surface area (Å²) in [5.41, 5.74) is -0.309. The first-order valence-corrected chi connectivity index (χ1v) is 7.93. The molecule has 1 fully saturated rings. The van der Waals surface area contributed by atoms with Crippen LogP contribution in [0.1, 0.15) is 23.0 Å². The Bertz CT molecular complexity index is 903. The topological polar surface area (TPSA) is 100 Å². The number of hydrogen-bond donors (Lipinski definition) is 3. The molecule has 128 valence electrons. The molecule has 9 heteroatoms. The third-order valence-electron chi connectivity index (χ3n) is 3.77. The highest BCUT2D eigenvalue weighted by Gasteiger charge is 2.43. The summed E-state index contributed by atoms with van der Waals surface area (Å²) in [6.45, 7) is 1.57. The van der Waals surface area contributed by atoms with Crippen LogP contribution in [0.5, 0.6) is 0 Å². The maximum Gasteiger partial charge on any atom is 0.322 e. The van der Waals surface area contributed by atoms with Gasteiger partial charge in [0.15, 0.2) is 0 Å². The molecule has 1 aliphatic rings. The van der Waals surface area contributed by atoms with Crippen molar-refractivity contribution < 1.29 is 14.4 Å². The van der Waals surface area contributed by atoms with E-state index in [9.17, 15) is 14.4 Å². The predicted octanol–water partition coefficient (Wildman–Crippen LogP) is 2.70. The molecule has 1 aromatic heterocycles. The summed E-state index contributed by atoms with van der Waals surface area (Å²) in [4.78, 5) is 39.7. The van der Waals surface area contributed by atoms with Crippen LogP contribution in [0, 0.1) is 0 Å². The van der Waals surface area contributed by atoms with Gasteiger partial charge in [0.1, 0.15) is 16.4 Å². The quantitative estimate of drug-likeness (QED) is 0.564. The van der Waals surface area contributed by atoms with Crippen LogP contribution in [0.4, 0.5) is 10.5 Å². The number of carbonyl (C=O) groups excluding carboxylic acids is 3. The van der Waals surface area contributed by atoms with E-state index in [1.165, 1.54) is 12.1 Å². The lowest BCUT2D eigenvalue weighted by Crippen LogP contribution is -2.40. The Morgan fingerprint density at radius 3 is 2.64 bits per heavy atom. The molecule has 1 aromatic carbocycles. The van der Waals surface area contributed by atoms with Crippen molar-refractivity contribution in [1.82, 2.24) is 15.6 Å². The first-order chi connectivity index (χ1) is 11.8. The number of hydrogen-bond acceptors (Lipinski definition) is 4. The SMILES string of the molecule is CC1(c2cccc(NC(=O)c3nc(Cl)ccc3Cl)c2)NC(=O)NC1=O. The van der Waals surface area contributed by atoms with Gasteiger partial charge in [-0.15, -0.1) is 0 Å². The number of amides is 4. The minimum absolute atomic E-state index is 0.0160. The van der Waals surface area contributed by atoms with Crippen molar-refractivity contribution in [2.45, 2.75) is 12.5 Å². The van der Waals surface area contributed by atoms with E-state index in [0.717, 1.165) is 0 Å². The Hall–Kier alpha value is -2.64. The van der Waals surface area contributed by atoms with Crippen LogP contribution < -0.4 is 16.0 Å². The normalized spacial score (nSPS) is 19.3. The molecule has 1 unspecified atom stereocenters. The van der Waals surface area contributed by atoms with Crippen LogP contribution in [0.25, 0.3) is 0 Å². The molecule has 3 N–H and O–H groups in total. The number of rotatable bonds is 3. The van der Waals surface area contributed by atoms with Gasteiger partial charge in [-0.05, 0) is 36.8 Å². The number of halogens is 2. The second kappa shape index (κ2) is 6.34. The van der Waals surface area contributed by atoms with Crippen LogP contribution in [0.2, 0.25) is 10.2 Å². The third-order valence-corrected chi connectivity index (χ3v) is 4.29. The minimum atomic E-state index is -1.22. The Kier molecular flexibility index (Phi) is 4.36. The molecule has 1 atom stereocenters. The average Bonchev–Trinajstić information content (AvgIpc) is 2.83. The fourth-order valence-electron chi connectivity index (χ4n) is 2.42. The molecule has 25 heavy (non-hydrogen) atoms. The number of carbonyl (C=O) groups is 3. The van der Waals surface area contributed by atoms with Gasteiger partial charge < -0.3 is 10.6 Å². The van der Waals surface area contributed by atoms with E-state index in [-0.39, 0.29) is 15.9 Å². The lowest BCUT2D eigenvalue weighted by atomic mass is 9.92. The fourth-order valence-corrected chi connectivity index (χ4v) is 2.76. The number of nitrogens with zero attached hydrogens (tertiary/aromatic N) is 1. The van der Waals surface area contributed by atoms with Crippen LogP contribution in [-0.2, 0) is 10.3 Å². The van der Waals surface area contributed by atoms with Gasteiger partial charge in [-0.2, -0.15) is 0 Å². The Morgan fingerprint density at radius 2 is 1.96 bits per heavy atom. The number of anilines is 1. The largest absolute Gasteiger partial charge is 0.322 e. The summed E-state index contributed by atoms with van der Waals surface area (Å²) in [5, 5.41) is 7.69. The van der Waals surface area contributed by atoms with Crippen molar-refractivity contribution in [3.05, 3.63) is 57.8 Å². The molecule has 0 saturated carbocycles. The van der Waals surface area contributed by atoms with Gasteiger partial charge in [0.05, 0.1) is 5.02 Å². The lowest BCUT2D eigenvalue weighted by molar-refractivity contribution is -0.123. The standard InChI is InChI=1S/C16H12Cl2N4O3/c1-16(14(24)21-15(25)22-16)8-3-2-4-9(7-8)19-13(23)12-10(17)5-6-11(18)20-12/h2-7H,1H3,(H,19,23)(H2,21,22,24,25). The Morgan fingerprint density at radius 1 is 1.20 bits per heavy atom. The van der Waals surface area contributed by atoms with Gasteiger partial charge in [0, 0.05) is 5.69 Å². The Labute approximate surface area is 152 Å². The molecule has 2 aromatic rings. The summed E-state index contributed by atoms with van der Waals surface area (Å²) in [5.74, 6) is -1.02. The summed E-state index contributed by atoms with van der Waals surface area (Å²) < 4.78 is 0. The summed E-state index contributed by atoms with van der Waals surface area (Å²) >= 11 is 11.8.